The fraction of sp³-hybridized carbons (Fsp3) is 0.412. The highest BCUT2D eigenvalue weighted by Crippen LogP contribution is 2.29. The van der Waals surface area contributed by atoms with Gasteiger partial charge >= 0.3 is 0 Å². The maximum Gasteiger partial charge on any atom is 0.276 e. The van der Waals surface area contributed by atoms with E-state index < -0.39 is 0 Å². The lowest BCUT2D eigenvalue weighted by Gasteiger charge is -2.37. The SMILES string of the molecule is CC(N)C1CCCCN1C(=O)c1cc(-c2ccccc2Cl)on1. The molecule has 0 bridgehead atoms. The van der Waals surface area contributed by atoms with Crippen molar-refractivity contribution in [3.63, 3.8) is 0 Å². The summed E-state index contributed by atoms with van der Waals surface area (Å²) < 4.78 is 5.33. The van der Waals surface area contributed by atoms with Crippen molar-refractivity contribution in [2.45, 2.75) is 38.3 Å². The number of rotatable bonds is 3. The number of aromatic nitrogens is 1. The molecule has 6 heteroatoms. The molecule has 2 aromatic rings. The normalized spacial score (nSPS) is 19.6. The third-order valence-electron chi connectivity index (χ3n) is 4.29. The van der Waals surface area contributed by atoms with Crippen molar-refractivity contribution < 1.29 is 9.32 Å². The van der Waals surface area contributed by atoms with E-state index in [2.05, 4.69) is 5.16 Å². The number of piperidine rings is 1. The van der Waals surface area contributed by atoms with Crippen LogP contribution in [0.1, 0.15) is 36.7 Å². The van der Waals surface area contributed by atoms with E-state index in [1.54, 1.807) is 12.1 Å². The third-order valence-corrected chi connectivity index (χ3v) is 4.62. The van der Waals surface area contributed by atoms with Gasteiger partial charge in [0.1, 0.15) is 0 Å². The molecule has 1 fully saturated rings. The van der Waals surface area contributed by atoms with Crippen LogP contribution in [0, 0.1) is 0 Å². The predicted molar refractivity (Wildman–Crippen MR) is 89.3 cm³/mol. The van der Waals surface area contributed by atoms with Gasteiger partial charge in [0.15, 0.2) is 11.5 Å². The van der Waals surface area contributed by atoms with Crippen molar-refractivity contribution in [1.82, 2.24) is 10.1 Å². The molecule has 2 atom stereocenters. The van der Waals surface area contributed by atoms with Gasteiger partial charge in [-0.15, -0.1) is 0 Å². The van der Waals surface area contributed by atoms with Crippen molar-refractivity contribution in [3.8, 4) is 11.3 Å². The van der Waals surface area contributed by atoms with Gasteiger partial charge in [-0.3, -0.25) is 4.79 Å². The molecule has 0 spiro atoms. The zero-order valence-electron chi connectivity index (χ0n) is 13.0. The first-order valence-electron chi connectivity index (χ1n) is 7.86. The first-order valence-corrected chi connectivity index (χ1v) is 8.24. The number of nitrogens with two attached hydrogens (primary N) is 1. The molecule has 1 aromatic heterocycles. The van der Waals surface area contributed by atoms with Crippen LogP contribution in [0.2, 0.25) is 5.02 Å². The summed E-state index contributed by atoms with van der Waals surface area (Å²) in [7, 11) is 0. The van der Waals surface area contributed by atoms with Gasteiger partial charge in [0.25, 0.3) is 5.91 Å². The molecule has 1 aliphatic heterocycles. The Morgan fingerprint density at radius 3 is 2.96 bits per heavy atom. The molecule has 1 saturated heterocycles. The number of hydrogen-bond donors (Lipinski definition) is 1. The smallest absolute Gasteiger partial charge is 0.276 e. The molecule has 122 valence electrons. The minimum Gasteiger partial charge on any atom is -0.355 e. The van der Waals surface area contributed by atoms with Gasteiger partial charge in [-0.05, 0) is 38.3 Å². The van der Waals surface area contributed by atoms with Crippen molar-refractivity contribution >= 4 is 17.5 Å². The van der Waals surface area contributed by atoms with Crippen molar-refractivity contribution in [3.05, 3.63) is 41.0 Å². The molecule has 1 amide bonds. The predicted octanol–water partition coefficient (Wildman–Crippen LogP) is 3.34. The molecule has 2 heterocycles. The molecule has 0 aliphatic carbocycles. The van der Waals surface area contributed by atoms with E-state index in [0.717, 1.165) is 24.8 Å². The second-order valence-electron chi connectivity index (χ2n) is 5.98. The molecule has 0 radical (unpaired) electrons. The van der Waals surface area contributed by atoms with E-state index in [9.17, 15) is 4.79 Å². The zero-order chi connectivity index (χ0) is 16.4. The lowest BCUT2D eigenvalue weighted by Crippen LogP contribution is -2.51. The number of hydrogen-bond acceptors (Lipinski definition) is 4. The van der Waals surface area contributed by atoms with Crippen LogP contribution in [-0.2, 0) is 0 Å². The standard InChI is InChI=1S/C17H20ClN3O2/c1-11(19)15-8-4-5-9-21(15)17(22)14-10-16(23-20-14)12-6-2-3-7-13(12)18/h2-3,6-7,10-11,15H,4-5,8-9,19H2,1H3. The summed E-state index contributed by atoms with van der Waals surface area (Å²) in [6.07, 6.45) is 3.02. The molecule has 23 heavy (non-hydrogen) atoms. The average Bonchev–Trinajstić information content (AvgIpc) is 3.04. The summed E-state index contributed by atoms with van der Waals surface area (Å²) >= 11 is 6.16. The van der Waals surface area contributed by atoms with Crippen LogP contribution >= 0.6 is 11.6 Å². The van der Waals surface area contributed by atoms with Gasteiger partial charge in [-0.25, -0.2) is 0 Å². The minimum absolute atomic E-state index is 0.0525. The minimum atomic E-state index is -0.131. The van der Waals surface area contributed by atoms with E-state index in [0.29, 0.717) is 23.0 Å². The summed E-state index contributed by atoms with van der Waals surface area (Å²) in [5.74, 6) is 0.363. The largest absolute Gasteiger partial charge is 0.355 e. The fourth-order valence-corrected chi connectivity index (χ4v) is 3.30. The fourth-order valence-electron chi connectivity index (χ4n) is 3.07. The summed E-state index contributed by atoms with van der Waals surface area (Å²) in [6.45, 7) is 2.65. The maximum absolute atomic E-state index is 12.8. The van der Waals surface area contributed by atoms with Crippen LogP contribution < -0.4 is 5.73 Å². The average molecular weight is 334 g/mol. The van der Waals surface area contributed by atoms with Crippen LogP contribution in [0.5, 0.6) is 0 Å². The Morgan fingerprint density at radius 1 is 1.43 bits per heavy atom. The van der Waals surface area contributed by atoms with Crippen LogP contribution in [0.3, 0.4) is 0 Å². The van der Waals surface area contributed by atoms with Crippen LogP contribution in [-0.4, -0.2) is 34.6 Å². The highest BCUT2D eigenvalue weighted by atomic mass is 35.5. The molecule has 5 nitrogen and oxygen atoms in total. The number of carbonyl (C=O) groups is 1. The Morgan fingerprint density at radius 2 is 2.22 bits per heavy atom. The third kappa shape index (κ3) is 3.26. The van der Waals surface area contributed by atoms with Gasteiger partial charge < -0.3 is 15.2 Å². The lowest BCUT2D eigenvalue weighted by atomic mass is 9.96. The summed E-state index contributed by atoms with van der Waals surface area (Å²) in [5.41, 5.74) is 7.06. The number of halogens is 1. The van der Waals surface area contributed by atoms with E-state index in [-0.39, 0.29) is 18.0 Å². The lowest BCUT2D eigenvalue weighted by molar-refractivity contribution is 0.0573. The van der Waals surface area contributed by atoms with Crippen molar-refractivity contribution in [1.29, 1.82) is 0 Å². The second kappa shape index (κ2) is 6.72. The number of amides is 1. The molecule has 0 saturated carbocycles. The summed E-state index contributed by atoms with van der Waals surface area (Å²) in [5, 5.41) is 4.50. The van der Waals surface area contributed by atoms with E-state index >= 15 is 0 Å². The van der Waals surface area contributed by atoms with Gasteiger partial charge in [-0.2, -0.15) is 0 Å². The van der Waals surface area contributed by atoms with Gasteiger partial charge in [0.05, 0.1) is 5.02 Å². The van der Waals surface area contributed by atoms with Crippen molar-refractivity contribution in [2.75, 3.05) is 6.54 Å². The van der Waals surface area contributed by atoms with Crippen LogP contribution in [0.15, 0.2) is 34.9 Å². The Balaban J connectivity index is 1.85. The molecule has 3 rings (SSSR count). The Kier molecular flexibility index (Phi) is 4.68. The highest BCUT2D eigenvalue weighted by molar-refractivity contribution is 6.33. The topological polar surface area (TPSA) is 72.4 Å². The number of benzene rings is 1. The molecular weight excluding hydrogens is 314 g/mol. The Bertz CT molecular complexity index is 699. The summed E-state index contributed by atoms with van der Waals surface area (Å²) in [4.78, 5) is 14.6. The first kappa shape index (κ1) is 16.0. The molecule has 1 aliphatic rings. The van der Waals surface area contributed by atoms with E-state index in [1.807, 2.05) is 30.0 Å². The van der Waals surface area contributed by atoms with Gasteiger partial charge in [-0.1, -0.05) is 28.9 Å². The quantitative estimate of drug-likeness (QED) is 0.935. The monoisotopic (exact) mass is 333 g/mol. The van der Waals surface area contributed by atoms with Crippen LogP contribution in [0.25, 0.3) is 11.3 Å². The number of carbonyl (C=O) groups excluding carboxylic acids is 1. The van der Waals surface area contributed by atoms with E-state index in [1.165, 1.54) is 0 Å². The maximum atomic E-state index is 12.8. The van der Waals surface area contributed by atoms with Gasteiger partial charge in [0, 0.05) is 30.3 Å². The summed E-state index contributed by atoms with van der Waals surface area (Å²) in [6, 6.07) is 8.96. The molecule has 2 N–H and O–H groups in total. The molecular formula is C17H20ClN3O2. The first-order chi connectivity index (χ1) is 11.1. The zero-order valence-corrected chi connectivity index (χ0v) is 13.8. The number of nitrogens with zero attached hydrogens (tertiary/aromatic N) is 2. The number of likely N-dealkylation sites (tertiary alicyclic amines) is 1. The molecule has 1 aromatic carbocycles. The highest BCUT2D eigenvalue weighted by Gasteiger charge is 2.31. The van der Waals surface area contributed by atoms with Gasteiger partial charge in [0.2, 0.25) is 0 Å². The van der Waals surface area contributed by atoms with Crippen LogP contribution in [0.4, 0.5) is 0 Å². The molecule has 2 unspecified atom stereocenters. The van der Waals surface area contributed by atoms with Crippen molar-refractivity contribution in [2.24, 2.45) is 5.73 Å². The second-order valence-corrected chi connectivity index (χ2v) is 6.38. The Labute approximate surface area is 140 Å². The Hall–Kier alpha value is -1.85. The van der Waals surface area contributed by atoms with E-state index in [4.69, 9.17) is 21.9 Å².